The highest BCUT2D eigenvalue weighted by molar-refractivity contribution is 9.12. The van der Waals surface area contributed by atoms with E-state index in [0.717, 1.165) is 21.2 Å². The lowest BCUT2D eigenvalue weighted by Crippen LogP contribution is -2.45. The third-order valence-corrected chi connectivity index (χ3v) is 28.3. The Morgan fingerprint density at radius 1 is 0.500 bits per heavy atom. The molecule has 0 amide bonds. The average Bonchev–Trinajstić information content (AvgIpc) is 2.71. The Morgan fingerprint density at radius 2 is 0.676 bits per heavy atom. The third kappa shape index (κ3) is 5.88. The summed E-state index contributed by atoms with van der Waals surface area (Å²) in [5.74, 6) is 0. The molecule has 0 aliphatic rings. The Hall–Kier alpha value is 0.674. The molecule has 0 bridgehead atoms. The van der Waals surface area contributed by atoms with Gasteiger partial charge in [0.2, 0.25) is 0 Å². The minimum Gasteiger partial charge on any atom is -0.0832 e. The van der Waals surface area contributed by atoms with Gasteiger partial charge in [-0.15, -0.1) is 0 Å². The quantitative estimate of drug-likeness (QED) is 0.218. The van der Waals surface area contributed by atoms with E-state index in [2.05, 4.69) is 139 Å². The highest BCUT2D eigenvalue weighted by Crippen LogP contribution is 2.53. The Kier molecular flexibility index (Phi) is 12.5. The van der Waals surface area contributed by atoms with Crippen molar-refractivity contribution >= 4 is 81.3 Å². The number of hydrogen-bond acceptors (Lipinski definition) is 0. The molecular weight excluding hydrogens is 623 g/mol. The molecule has 0 nitrogen and oxygen atoms in total. The lowest BCUT2D eigenvalue weighted by Gasteiger charge is -2.43. The fourth-order valence-electron chi connectivity index (χ4n) is 6.92. The van der Waals surface area contributed by atoms with Crippen LogP contribution in [0.5, 0.6) is 0 Å². The molecule has 0 atom stereocenters. The molecule has 1 aromatic carbocycles. The zero-order valence-electron chi connectivity index (χ0n) is 23.3. The second kappa shape index (κ2) is 13.0. The second-order valence-electron chi connectivity index (χ2n) is 11.6. The standard InChI is InChI=1S/C28H46Br2Cl2Si2/c1-17(2)33(18(3)4,19(5)6)27(29)25(31)23-13-15-24(16-14-23)26(32)28(30)34(20(7)8,21(9)10)22(11)12/h13-22H,1-12H3/b27-25+,28-26+. The third-order valence-electron chi connectivity index (χ3n) is 8.27. The van der Waals surface area contributed by atoms with Gasteiger partial charge in [-0.1, -0.05) is 162 Å². The summed E-state index contributed by atoms with van der Waals surface area (Å²) in [4.78, 5) is 0. The molecule has 0 aliphatic heterocycles. The second-order valence-corrected chi connectivity index (χ2v) is 27.1. The van der Waals surface area contributed by atoms with Crippen molar-refractivity contribution in [3.8, 4) is 0 Å². The van der Waals surface area contributed by atoms with Crippen molar-refractivity contribution in [2.75, 3.05) is 0 Å². The van der Waals surface area contributed by atoms with E-state index in [1.165, 1.54) is 8.21 Å². The van der Waals surface area contributed by atoms with Gasteiger partial charge in [-0.25, -0.2) is 0 Å². The van der Waals surface area contributed by atoms with Crippen LogP contribution in [0.25, 0.3) is 10.1 Å². The summed E-state index contributed by atoms with van der Waals surface area (Å²) < 4.78 is 2.48. The first-order chi connectivity index (χ1) is 15.5. The molecule has 0 heterocycles. The maximum absolute atomic E-state index is 7.08. The summed E-state index contributed by atoms with van der Waals surface area (Å²) in [5, 5.41) is 1.70. The summed E-state index contributed by atoms with van der Waals surface area (Å²) in [7, 11) is -3.73. The van der Waals surface area contributed by atoms with E-state index >= 15 is 0 Å². The van der Waals surface area contributed by atoms with Gasteiger partial charge in [0.15, 0.2) is 0 Å². The fourth-order valence-corrected chi connectivity index (χ4v) is 28.9. The highest BCUT2D eigenvalue weighted by atomic mass is 79.9. The summed E-state index contributed by atoms with van der Waals surface area (Å²) >= 11 is 22.2. The summed E-state index contributed by atoms with van der Waals surface area (Å²) in [6.07, 6.45) is 0. The van der Waals surface area contributed by atoms with Gasteiger partial charge < -0.3 is 0 Å². The summed E-state index contributed by atoms with van der Waals surface area (Å²) in [5.41, 5.74) is 5.63. The SMILES string of the molecule is CC(C)[Si](/C(Br)=C(/Cl)c1ccc(/C(Cl)=C(/Br)[Si](C(C)C)(C(C)C)C(C)C)cc1)(C(C)C)C(C)C. The van der Waals surface area contributed by atoms with Crippen LogP contribution in [0.2, 0.25) is 33.2 Å². The maximum atomic E-state index is 7.08. The molecule has 0 spiro atoms. The van der Waals surface area contributed by atoms with E-state index in [1.54, 1.807) is 0 Å². The molecule has 0 saturated carbocycles. The van der Waals surface area contributed by atoms with Crippen molar-refractivity contribution in [3.63, 3.8) is 0 Å². The molecule has 34 heavy (non-hydrogen) atoms. The molecule has 1 aromatic rings. The Balaban J connectivity index is 3.64. The molecule has 194 valence electrons. The Bertz CT molecular complexity index is 766. The number of rotatable bonds is 10. The van der Waals surface area contributed by atoms with Gasteiger partial charge in [0, 0.05) is 8.21 Å². The normalized spacial score (nSPS) is 15.2. The van der Waals surface area contributed by atoms with E-state index in [9.17, 15) is 0 Å². The van der Waals surface area contributed by atoms with Gasteiger partial charge in [-0.2, -0.15) is 0 Å². The first-order valence-electron chi connectivity index (χ1n) is 12.7. The topological polar surface area (TPSA) is 0 Å². The predicted molar refractivity (Wildman–Crippen MR) is 172 cm³/mol. The molecule has 0 unspecified atom stereocenters. The van der Waals surface area contributed by atoms with Crippen LogP contribution in [0, 0.1) is 0 Å². The molecule has 0 fully saturated rings. The van der Waals surface area contributed by atoms with Crippen molar-refractivity contribution in [2.45, 2.75) is 116 Å². The van der Waals surface area contributed by atoms with Gasteiger partial charge in [-0.3, -0.25) is 0 Å². The Labute approximate surface area is 239 Å². The lowest BCUT2D eigenvalue weighted by molar-refractivity contribution is 0.832. The largest absolute Gasteiger partial charge is 0.105 e. The zero-order chi connectivity index (χ0) is 26.8. The highest BCUT2D eigenvalue weighted by Gasteiger charge is 2.47. The molecule has 0 saturated heterocycles. The van der Waals surface area contributed by atoms with Crippen LogP contribution in [0.1, 0.15) is 94.2 Å². The number of hydrogen-bond donors (Lipinski definition) is 0. The molecular formula is C28H46Br2Cl2Si2. The van der Waals surface area contributed by atoms with Crippen molar-refractivity contribution in [1.82, 2.24) is 0 Å². The van der Waals surface area contributed by atoms with E-state index in [-0.39, 0.29) is 0 Å². The molecule has 6 heteroatoms. The minimum absolute atomic E-state index is 0.587. The average molecular weight is 670 g/mol. The van der Waals surface area contributed by atoms with Crippen molar-refractivity contribution in [1.29, 1.82) is 0 Å². The number of benzene rings is 1. The van der Waals surface area contributed by atoms with Crippen molar-refractivity contribution in [2.24, 2.45) is 0 Å². The van der Waals surface area contributed by atoms with Crippen LogP contribution >= 0.6 is 55.1 Å². The van der Waals surface area contributed by atoms with E-state index in [4.69, 9.17) is 23.2 Å². The van der Waals surface area contributed by atoms with Gasteiger partial charge in [0.05, 0.1) is 10.1 Å². The number of halogens is 4. The van der Waals surface area contributed by atoms with Gasteiger partial charge in [0.1, 0.15) is 16.1 Å². The monoisotopic (exact) mass is 666 g/mol. The fraction of sp³-hybridized carbons (Fsp3) is 0.643. The predicted octanol–water partition coefficient (Wildman–Crippen LogP) is 12.7. The van der Waals surface area contributed by atoms with Gasteiger partial charge in [0.25, 0.3) is 0 Å². The van der Waals surface area contributed by atoms with E-state index in [0.29, 0.717) is 33.2 Å². The van der Waals surface area contributed by atoms with Crippen molar-refractivity contribution < 1.29 is 0 Å². The van der Waals surface area contributed by atoms with Crippen LogP contribution in [-0.2, 0) is 0 Å². The zero-order valence-corrected chi connectivity index (χ0v) is 30.0. The molecule has 0 N–H and O–H groups in total. The summed E-state index contributed by atoms with van der Waals surface area (Å²) in [6.45, 7) is 28.3. The van der Waals surface area contributed by atoms with E-state index < -0.39 is 16.1 Å². The van der Waals surface area contributed by atoms with Crippen LogP contribution in [0.15, 0.2) is 32.5 Å². The minimum atomic E-state index is -1.87. The molecule has 1 rings (SSSR count). The van der Waals surface area contributed by atoms with Crippen LogP contribution in [0.3, 0.4) is 0 Å². The Morgan fingerprint density at radius 3 is 0.824 bits per heavy atom. The van der Waals surface area contributed by atoms with E-state index in [1.807, 2.05) is 0 Å². The van der Waals surface area contributed by atoms with Crippen LogP contribution in [0.4, 0.5) is 0 Å². The first-order valence-corrected chi connectivity index (χ1v) is 19.5. The summed E-state index contributed by atoms with van der Waals surface area (Å²) in [6, 6.07) is 8.52. The lowest BCUT2D eigenvalue weighted by atomic mass is 10.1. The molecule has 0 aromatic heterocycles. The van der Waals surface area contributed by atoms with Crippen molar-refractivity contribution in [3.05, 3.63) is 43.6 Å². The van der Waals surface area contributed by atoms with Gasteiger partial charge >= 0.3 is 0 Å². The maximum Gasteiger partial charge on any atom is 0.105 e. The molecule has 0 radical (unpaired) electrons. The molecule has 0 aliphatic carbocycles. The first kappa shape index (κ1) is 32.7. The van der Waals surface area contributed by atoms with Gasteiger partial charge in [-0.05, 0) is 44.4 Å². The van der Waals surface area contributed by atoms with Crippen LogP contribution < -0.4 is 0 Å². The van der Waals surface area contributed by atoms with Crippen LogP contribution in [-0.4, -0.2) is 16.1 Å². The smallest absolute Gasteiger partial charge is 0.0832 e.